The van der Waals surface area contributed by atoms with Crippen LogP contribution in [0.4, 0.5) is 0 Å². The Bertz CT molecular complexity index is 1480. The molecule has 0 saturated carbocycles. The quantitative estimate of drug-likeness (QED) is 0.0222. The highest BCUT2D eigenvalue weighted by atomic mass is 16.7. The van der Waals surface area contributed by atoms with E-state index in [1.807, 2.05) is 0 Å². The molecule has 0 spiro atoms. The Morgan fingerprint density at radius 2 is 1.05 bits per heavy atom. The van der Waals surface area contributed by atoms with Crippen molar-refractivity contribution in [3.63, 3.8) is 0 Å². The topological polar surface area (TPSA) is 211 Å². The number of aliphatic hydroxyl groups excluding tert-OH is 6. The van der Waals surface area contributed by atoms with Crippen molar-refractivity contribution >= 4 is 11.9 Å². The number of rotatable bonds is 34. The first-order valence-electron chi connectivity index (χ1n) is 23.7. The summed E-state index contributed by atoms with van der Waals surface area (Å²) in [6.07, 6.45) is 32.8. The predicted molar refractivity (Wildman–Crippen MR) is 250 cm³/mol. The highest BCUT2D eigenvalue weighted by Crippen LogP contribution is 2.26. The Balaban J connectivity index is 1.85. The molecule has 14 nitrogen and oxygen atoms in total. The van der Waals surface area contributed by atoms with Gasteiger partial charge in [0.15, 0.2) is 18.7 Å². The molecule has 6 N–H and O–H groups in total. The Hall–Kier alpha value is -3.54. The molecule has 0 aromatic carbocycles. The summed E-state index contributed by atoms with van der Waals surface area (Å²) in [6, 6.07) is 0. The first-order chi connectivity index (χ1) is 31.6. The largest absolute Gasteiger partial charge is 0.462 e. The Kier molecular flexibility index (Phi) is 33.3. The van der Waals surface area contributed by atoms with Crippen molar-refractivity contribution in [1.82, 2.24) is 0 Å². The summed E-state index contributed by atoms with van der Waals surface area (Å²) in [5, 5.41) is 61.2. The minimum absolute atomic E-state index is 0.144. The molecule has 14 heteroatoms. The number of hydrogen-bond acceptors (Lipinski definition) is 14. The van der Waals surface area contributed by atoms with E-state index in [-0.39, 0.29) is 32.5 Å². The van der Waals surface area contributed by atoms with Crippen LogP contribution in [0.1, 0.15) is 123 Å². The predicted octanol–water partition coefficient (Wildman–Crippen LogP) is 6.84. The molecule has 2 fully saturated rings. The van der Waals surface area contributed by atoms with Crippen molar-refractivity contribution in [2.45, 2.75) is 184 Å². The van der Waals surface area contributed by atoms with Gasteiger partial charge in [-0.15, -0.1) is 0 Å². The molecule has 0 aliphatic carbocycles. The lowest BCUT2D eigenvalue weighted by molar-refractivity contribution is -0.319. The van der Waals surface area contributed by atoms with Crippen LogP contribution in [0.5, 0.6) is 0 Å². The lowest BCUT2D eigenvalue weighted by atomic mass is 9.99. The van der Waals surface area contributed by atoms with Gasteiger partial charge in [0.25, 0.3) is 0 Å². The molecular formula is C51H80O14. The maximum atomic E-state index is 12.9. The number of carbonyl (C=O) groups excluding carboxylic acids is 2. The molecule has 2 saturated heterocycles. The van der Waals surface area contributed by atoms with Crippen molar-refractivity contribution in [2.75, 3.05) is 26.4 Å². The van der Waals surface area contributed by atoms with Crippen molar-refractivity contribution in [3.05, 3.63) is 97.2 Å². The van der Waals surface area contributed by atoms with Crippen LogP contribution in [-0.4, -0.2) is 130 Å². The van der Waals surface area contributed by atoms with E-state index in [0.29, 0.717) is 12.8 Å². The monoisotopic (exact) mass is 917 g/mol. The zero-order valence-electron chi connectivity index (χ0n) is 38.8. The fraction of sp³-hybridized carbons (Fsp3) is 0.647. The van der Waals surface area contributed by atoms with Gasteiger partial charge in [0, 0.05) is 19.3 Å². The zero-order valence-corrected chi connectivity index (χ0v) is 38.8. The van der Waals surface area contributed by atoms with Crippen LogP contribution in [0.15, 0.2) is 97.2 Å². The normalized spacial score (nSPS) is 26.1. The average Bonchev–Trinajstić information content (AvgIpc) is 3.30. The Labute approximate surface area is 387 Å². The van der Waals surface area contributed by atoms with E-state index in [0.717, 1.165) is 77.0 Å². The summed E-state index contributed by atoms with van der Waals surface area (Å²) in [7, 11) is 0. The molecule has 0 radical (unpaired) electrons. The first-order valence-corrected chi connectivity index (χ1v) is 23.7. The molecule has 0 bridgehead atoms. The van der Waals surface area contributed by atoms with E-state index in [1.54, 1.807) is 0 Å². The van der Waals surface area contributed by atoms with Crippen LogP contribution in [0.25, 0.3) is 0 Å². The van der Waals surface area contributed by atoms with Gasteiger partial charge >= 0.3 is 11.9 Å². The standard InChI is InChI=1S/C51H80O14/c1-3-5-7-9-11-13-15-17-19-21-23-25-27-29-31-33-44(54)60-37-40(63-45(55)34-32-30-28-26-24-22-20-18-16-14-12-10-8-6-4-2)38-61-46-35-41(53)47(56)43(64-46)39-62-51-50(59)49(58)48(57)42(36-52)65-51/h5-8,11-14,17-20,23-26,40-43,46-53,56-59H,3-4,9-10,15-16,21-22,27-39H2,1-2H3. The second kappa shape index (κ2) is 37.5. The third-order valence-corrected chi connectivity index (χ3v) is 10.4. The van der Waals surface area contributed by atoms with E-state index in [9.17, 15) is 40.2 Å². The van der Waals surface area contributed by atoms with Gasteiger partial charge in [-0.3, -0.25) is 9.59 Å². The van der Waals surface area contributed by atoms with Crippen LogP contribution in [0.3, 0.4) is 0 Å². The third-order valence-electron chi connectivity index (χ3n) is 10.4. The number of carbonyl (C=O) groups is 2. The van der Waals surface area contributed by atoms with Crippen LogP contribution in [0, 0.1) is 0 Å². The number of hydrogen-bond donors (Lipinski definition) is 6. The minimum Gasteiger partial charge on any atom is -0.462 e. The van der Waals surface area contributed by atoms with Gasteiger partial charge in [-0.1, -0.05) is 111 Å². The second-order valence-electron chi connectivity index (χ2n) is 16.1. The van der Waals surface area contributed by atoms with Gasteiger partial charge in [-0.05, 0) is 89.9 Å². The molecule has 10 atom stereocenters. The molecule has 2 rings (SSSR count). The van der Waals surface area contributed by atoms with Crippen molar-refractivity contribution in [2.24, 2.45) is 0 Å². The molecule has 0 aromatic rings. The first kappa shape index (κ1) is 57.6. The number of unbranched alkanes of at least 4 members (excludes halogenated alkanes) is 4. The van der Waals surface area contributed by atoms with Crippen molar-refractivity contribution in [1.29, 1.82) is 0 Å². The van der Waals surface area contributed by atoms with Crippen LogP contribution < -0.4 is 0 Å². The van der Waals surface area contributed by atoms with E-state index in [4.69, 9.17) is 28.4 Å². The van der Waals surface area contributed by atoms with Crippen LogP contribution in [0.2, 0.25) is 0 Å². The fourth-order valence-electron chi connectivity index (χ4n) is 6.65. The molecule has 65 heavy (non-hydrogen) atoms. The van der Waals surface area contributed by atoms with Crippen molar-refractivity contribution in [3.8, 4) is 0 Å². The summed E-state index contributed by atoms with van der Waals surface area (Å²) in [4.78, 5) is 25.6. The zero-order chi connectivity index (χ0) is 47.3. The maximum Gasteiger partial charge on any atom is 0.306 e. The van der Waals surface area contributed by atoms with Crippen LogP contribution >= 0.6 is 0 Å². The van der Waals surface area contributed by atoms with Gasteiger partial charge in [0.1, 0.15) is 43.2 Å². The lowest BCUT2D eigenvalue weighted by Crippen LogP contribution is -2.60. The smallest absolute Gasteiger partial charge is 0.306 e. The number of allylic oxidation sites excluding steroid dienone is 16. The third kappa shape index (κ3) is 27.0. The molecule has 368 valence electrons. The lowest BCUT2D eigenvalue weighted by Gasteiger charge is -2.41. The average molecular weight is 917 g/mol. The molecule has 0 aromatic heterocycles. The Morgan fingerprint density at radius 1 is 0.554 bits per heavy atom. The summed E-state index contributed by atoms with van der Waals surface area (Å²) in [5.74, 6) is -0.921. The summed E-state index contributed by atoms with van der Waals surface area (Å²) < 4.78 is 33.8. The summed E-state index contributed by atoms with van der Waals surface area (Å²) >= 11 is 0. The number of aliphatic hydroxyl groups is 6. The molecule has 2 aliphatic rings. The van der Waals surface area contributed by atoms with Crippen molar-refractivity contribution < 1.29 is 68.6 Å². The summed E-state index contributed by atoms with van der Waals surface area (Å²) in [5.41, 5.74) is 0. The van der Waals surface area contributed by atoms with Gasteiger partial charge in [-0.25, -0.2) is 0 Å². The maximum absolute atomic E-state index is 12.9. The highest BCUT2D eigenvalue weighted by Gasteiger charge is 2.45. The molecule has 2 aliphatic heterocycles. The van der Waals surface area contributed by atoms with E-state index in [1.165, 1.54) is 0 Å². The van der Waals surface area contributed by atoms with Gasteiger partial charge in [0.2, 0.25) is 0 Å². The number of ether oxygens (including phenoxy) is 6. The molecule has 10 unspecified atom stereocenters. The van der Waals surface area contributed by atoms with Gasteiger partial charge in [0.05, 0.1) is 25.9 Å². The summed E-state index contributed by atoms with van der Waals surface area (Å²) in [6.45, 7) is 2.65. The van der Waals surface area contributed by atoms with E-state index in [2.05, 4.69) is 111 Å². The van der Waals surface area contributed by atoms with Gasteiger partial charge < -0.3 is 59.1 Å². The molecule has 2 heterocycles. The van der Waals surface area contributed by atoms with Crippen LogP contribution in [-0.2, 0) is 38.0 Å². The molecular weight excluding hydrogens is 837 g/mol. The van der Waals surface area contributed by atoms with E-state index >= 15 is 0 Å². The fourth-order valence-corrected chi connectivity index (χ4v) is 6.65. The Morgan fingerprint density at radius 3 is 1.55 bits per heavy atom. The minimum atomic E-state index is -1.67. The highest BCUT2D eigenvalue weighted by molar-refractivity contribution is 5.70. The second-order valence-corrected chi connectivity index (χ2v) is 16.1. The van der Waals surface area contributed by atoms with Gasteiger partial charge in [-0.2, -0.15) is 0 Å². The molecule has 0 amide bonds. The van der Waals surface area contributed by atoms with E-state index < -0.39 is 86.6 Å². The SMILES string of the molecule is CCC=CCC=CCC=CCC=CCCCCC(=O)OCC(COC1CC(O)C(O)C(COC2OC(CO)C(O)C(O)C2O)O1)OC(=O)CCCCC=CCC=CCC=CCC=CCC. The number of esters is 2.